The van der Waals surface area contributed by atoms with Gasteiger partial charge in [-0.2, -0.15) is 0 Å². The normalized spacial score (nSPS) is 8.12. The molecule has 158 valence electrons. The van der Waals surface area contributed by atoms with Crippen LogP contribution in [0.3, 0.4) is 0 Å². The van der Waals surface area contributed by atoms with E-state index in [9.17, 15) is 0 Å². The topological polar surface area (TPSA) is 156 Å². The van der Waals surface area contributed by atoms with E-state index in [2.05, 4.69) is 55.2 Å². The molecule has 12 N–H and O–H groups in total. The Morgan fingerprint density at radius 2 is 0.750 bits per heavy atom. The monoisotopic (exact) mass is 356 g/mol. The van der Waals surface area contributed by atoms with Crippen molar-refractivity contribution in [3.63, 3.8) is 0 Å². The molecule has 0 aromatic carbocycles. The van der Waals surface area contributed by atoms with Crippen LogP contribution in [0.15, 0.2) is 0 Å². The fourth-order valence-electron chi connectivity index (χ4n) is 1.62. The fraction of sp³-hybridized carbons (Fsp3) is 1.00. The largest absolute Gasteiger partial charge is 0.333 e. The number of nitrogens with two attached hydrogens (primary N) is 6. The maximum absolute atomic E-state index is 4.50. The third-order valence-electron chi connectivity index (χ3n) is 2.60. The first kappa shape index (κ1) is 43.8. The Morgan fingerprint density at radius 1 is 0.458 bits per heavy atom. The van der Waals surface area contributed by atoms with E-state index in [0.29, 0.717) is 0 Å². The van der Waals surface area contributed by atoms with Crippen LogP contribution in [0.2, 0.25) is 0 Å². The van der Waals surface area contributed by atoms with Gasteiger partial charge in [0.05, 0.1) is 0 Å². The van der Waals surface area contributed by atoms with Crippen molar-refractivity contribution >= 4 is 0 Å². The van der Waals surface area contributed by atoms with Gasteiger partial charge in [-0.15, -0.1) is 0 Å². The Balaban J connectivity index is -0.0000000404. The molecule has 1 atom stereocenters. The summed E-state index contributed by atoms with van der Waals surface area (Å²) in [4.78, 5) is 0. The summed E-state index contributed by atoms with van der Waals surface area (Å²) < 4.78 is 0. The van der Waals surface area contributed by atoms with E-state index in [-0.39, 0.29) is 0 Å². The molecule has 0 rings (SSSR count). The van der Waals surface area contributed by atoms with Gasteiger partial charge >= 0.3 is 0 Å². The van der Waals surface area contributed by atoms with Crippen LogP contribution in [0, 0.1) is 5.92 Å². The van der Waals surface area contributed by atoms with Crippen LogP contribution in [0.1, 0.15) is 72.1 Å². The molecular formula is C18H56N6. The Morgan fingerprint density at radius 3 is 1.04 bits per heavy atom. The summed E-state index contributed by atoms with van der Waals surface area (Å²) in [7, 11) is 9.00. The van der Waals surface area contributed by atoms with E-state index in [1.54, 1.807) is 0 Å². The zero-order valence-electron chi connectivity index (χ0n) is 18.7. The molecule has 0 amide bonds. The highest BCUT2D eigenvalue weighted by atomic mass is 14.4. The molecule has 0 aromatic heterocycles. The lowest BCUT2D eigenvalue weighted by atomic mass is 9.97. The van der Waals surface area contributed by atoms with Crippen LogP contribution in [0.5, 0.6) is 0 Å². The molecule has 24 heavy (non-hydrogen) atoms. The first-order valence-electron chi connectivity index (χ1n) is 9.27. The van der Waals surface area contributed by atoms with Crippen LogP contribution < -0.4 is 34.4 Å². The highest BCUT2D eigenvalue weighted by Gasteiger charge is 2.00. The van der Waals surface area contributed by atoms with Crippen molar-refractivity contribution in [2.75, 3.05) is 42.3 Å². The second-order valence-electron chi connectivity index (χ2n) is 4.10. The minimum absolute atomic E-state index is 0.974. The maximum atomic E-state index is 4.50. The predicted molar refractivity (Wildman–Crippen MR) is 118 cm³/mol. The third-order valence-corrected chi connectivity index (χ3v) is 2.60. The summed E-state index contributed by atoms with van der Waals surface area (Å²) in [5.74, 6) is 0.974. The average molecular weight is 357 g/mol. The standard InChI is InChI=1S/C12H26.6CH5N/c1-4-6-8-9-11-12(3)10-7-5-2;6*1-2/h12H,4-11H2,1-3H3;6*2H2,1H3. The Labute approximate surface area is 155 Å². The van der Waals surface area contributed by atoms with E-state index in [4.69, 9.17) is 0 Å². The molecule has 0 aromatic rings. The lowest BCUT2D eigenvalue weighted by molar-refractivity contribution is 0.445. The second kappa shape index (κ2) is 93.1. The van der Waals surface area contributed by atoms with Gasteiger partial charge in [-0.3, -0.25) is 0 Å². The lowest BCUT2D eigenvalue weighted by Gasteiger charge is -2.09. The zero-order valence-corrected chi connectivity index (χ0v) is 18.7. The first-order chi connectivity index (χ1) is 11.8. The number of rotatable bonds is 8. The predicted octanol–water partition coefficient (Wildman–Crippen LogP) is 2.23. The van der Waals surface area contributed by atoms with Gasteiger partial charge in [-0.1, -0.05) is 72.1 Å². The quantitative estimate of drug-likeness (QED) is 0.366. The van der Waals surface area contributed by atoms with Gasteiger partial charge < -0.3 is 34.4 Å². The Bertz CT molecular complexity index is 95.6. The third kappa shape index (κ3) is 98.4. The molecule has 0 heterocycles. The highest BCUT2D eigenvalue weighted by Crippen LogP contribution is 2.15. The summed E-state index contributed by atoms with van der Waals surface area (Å²) in [6.45, 7) is 6.96. The molecular weight excluding hydrogens is 300 g/mol. The van der Waals surface area contributed by atoms with Gasteiger partial charge in [-0.05, 0) is 48.2 Å². The van der Waals surface area contributed by atoms with Crippen molar-refractivity contribution in [2.45, 2.75) is 72.1 Å². The van der Waals surface area contributed by atoms with Crippen LogP contribution in [0.4, 0.5) is 0 Å². The molecule has 0 fully saturated rings. The maximum Gasteiger partial charge on any atom is -0.0195 e. The Hall–Kier alpha value is -0.240. The van der Waals surface area contributed by atoms with Crippen LogP contribution in [-0.2, 0) is 0 Å². The summed E-state index contributed by atoms with van der Waals surface area (Å²) in [5, 5.41) is 0. The van der Waals surface area contributed by atoms with Crippen molar-refractivity contribution < 1.29 is 0 Å². The molecule has 0 radical (unpaired) electrons. The molecule has 0 aliphatic heterocycles. The van der Waals surface area contributed by atoms with E-state index < -0.39 is 0 Å². The molecule has 0 bridgehead atoms. The van der Waals surface area contributed by atoms with Crippen LogP contribution in [-0.4, -0.2) is 42.3 Å². The summed E-state index contributed by atoms with van der Waals surface area (Å²) in [6.07, 6.45) is 11.4. The molecule has 6 heteroatoms. The molecule has 6 nitrogen and oxygen atoms in total. The van der Waals surface area contributed by atoms with Crippen LogP contribution in [0.25, 0.3) is 0 Å². The summed E-state index contributed by atoms with van der Waals surface area (Å²) >= 11 is 0. The minimum Gasteiger partial charge on any atom is -0.333 e. The molecule has 1 unspecified atom stereocenters. The molecule has 0 saturated heterocycles. The average Bonchev–Trinajstić information content (AvgIpc) is 2.73. The van der Waals surface area contributed by atoms with E-state index in [1.807, 2.05) is 0 Å². The molecule has 0 aliphatic carbocycles. The van der Waals surface area contributed by atoms with E-state index in [1.165, 1.54) is 93.7 Å². The fourth-order valence-corrected chi connectivity index (χ4v) is 1.62. The Kier molecular flexibility index (Phi) is 170. The smallest absolute Gasteiger partial charge is 0.0195 e. The van der Waals surface area contributed by atoms with Gasteiger partial charge in [0, 0.05) is 0 Å². The lowest BCUT2D eigenvalue weighted by Crippen LogP contribution is -1.94. The second-order valence-corrected chi connectivity index (χ2v) is 4.10. The van der Waals surface area contributed by atoms with Gasteiger partial charge in [-0.25, -0.2) is 0 Å². The highest BCUT2D eigenvalue weighted by molar-refractivity contribution is 4.53. The van der Waals surface area contributed by atoms with E-state index >= 15 is 0 Å². The van der Waals surface area contributed by atoms with Gasteiger partial charge in [0.1, 0.15) is 0 Å². The SMILES string of the molecule is CCCCCCC(C)CCCC.CN.CN.CN.CN.CN.CN. The number of unbranched alkanes of at least 4 members (excludes halogenated alkanes) is 4. The summed E-state index contributed by atoms with van der Waals surface area (Å²) in [5.41, 5.74) is 27.0. The molecule has 0 saturated carbocycles. The number of hydrogen-bond donors (Lipinski definition) is 6. The van der Waals surface area contributed by atoms with Gasteiger partial charge in [0.25, 0.3) is 0 Å². The zero-order chi connectivity index (χ0) is 21.2. The summed E-state index contributed by atoms with van der Waals surface area (Å²) in [6, 6.07) is 0. The van der Waals surface area contributed by atoms with Crippen molar-refractivity contribution in [2.24, 2.45) is 40.3 Å². The van der Waals surface area contributed by atoms with Gasteiger partial charge in [0.2, 0.25) is 0 Å². The van der Waals surface area contributed by atoms with Crippen LogP contribution >= 0.6 is 0 Å². The van der Waals surface area contributed by atoms with Crippen molar-refractivity contribution in [3.05, 3.63) is 0 Å². The first-order valence-corrected chi connectivity index (χ1v) is 9.27. The van der Waals surface area contributed by atoms with Gasteiger partial charge in [0.15, 0.2) is 0 Å². The minimum atomic E-state index is 0.974. The molecule has 0 aliphatic rings. The van der Waals surface area contributed by atoms with Crippen molar-refractivity contribution in [3.8, 4) is 0 Å². The molecule has 0 spiro atoms. The number of hydrogen-bond acceptors (Lipinski definition) is 6. The van der Waals surface area contributed by atoms with Crippen molar-refractivity contribution in [1.29, 1.82) is 0 Å². The van der Waals surface area contributed by atoms with E-state index in [0.717, 1.165) is 5.92 Å². The van der Waals surface area contributed by atoms with Crippen molar-refractivity contribution in [1.82, 2.24) is 0 Å².